The zero-order valence-corrected chi connectivity index (χ0v) is 9.97. The van der Waals surface area contributed by atoms with E-state index in [1.54, 1.807) is 7.05 Å². The van der Waals surface area contributed by atoms with Gasteiger partial charge in [0, 0.05) is 7.05 Å². The Bertz CT molecular complexity index is 537. The van der Waals surface area contributed by atoms with Crippen LogP contribution in [0.3, 0.4) is 0 Å². The number of hydrogen-bond donors (Lipinski definition) is 1. The molecule has 2 aromatic rings. The normalized spacial score (nSPS) is 10.9. The molecule has 0 spiro atoms. The average Bonchev–Trinajstić information content (AvgIpc) is 2.38. The summed E-state index contributed by atoms with van der Waals surface area (Å²) in [4.78, 5) is 8.68. The van der Waals surface area contributed by atoms with Gasteiger partial charge in [-0.05, 0) is 19.1 Å². The summed E-state index contributed by atoms with van der Waals surface area (Å²) in [5.74, 6) is 1.18. The average molecular weight is 229 g/mol. The molecule has 1 aromatic heterocycles. The van der Waals surface area contributed by atoms with Gasteiger partial charge in [-0.25, -0.2) is 4.98 Å². The molecule has 1 N–H and O–H groups in total. The van der Waals surface area contributed by atoms with E-state index in [4.69, 9.17) is 4.74 Å². The van der Waals surface area contributed by atoms with Crippen LogP contribution in [0.4, 0.5) is 5.95 Å². The lowest BCUT2D eigenvalue weighted by Crippen LogP contribution is -2.02. The van der Waals surface area contributed by atoms with Crippen LogP contribution in [0, 0.1) is 0 Å². The van der Waals surface area contributed by atoms with Gasteiger partial charge in [0.1, 0.15) is 6.61 Å². The highest BCUT2D eigenvalue weighted by atomic mass is 16.5. The van der Waals surface area contributed by atoms with Crippen LogP contribution < -0.4 is 10.1 Å². The Morgan fingerprint density at radius 1 is 1.29 bits per heavy atom. The van der Waals surface area contributed by atoms with Gasteiger partial charge in [0.25, 0.3) is 0 Å². The lowest BCUT2D eigenvalue weighted by atomic mass is 10.2. The summed E-state index contributed by atoms with van der Waals surface area (Å²) in [5, 5.41) is 3.86. The summed E-state index contributed by atoms with van der Waals surface area (Å²) in [6, 6.07) is 7.80. The predicted octanol–water partition coefficient (Wildman–Crippen LogP) is 2.63. The molecule has 0 amide bonds. The quantitative estimate of drug-likeness (QED) is 0.819. The van der Waals surface area contributed by atoms with E-state index < -0.39 is 0 Å². The Morgan fingerprint density at radius 3 is 2.88 bits per heavy atom. The number of anilines is 1. The maximum Gasteiger partial charge on any atom is 0.226 e. The number of ether oxygens (including phenoxy) is 1. The summed E-state index contributed by atoms with van der Waals surface area (Å²) in [6.45, 7) is 2.47. The maximum absolute atomic E-state index is 5.62. The molecule has 1 heterocycles. The van der Waals surface area contributed by atoms with Gasteiger partial charge in [-0.2, -0.15) is 4.98 Å². The van der Waals surface area contributed by atoms with Gasteiger partial charge < -0.3 is 10.1 Å². The lowest BCUT2D eigenvalue weighted by Gasteiger charge is -2.08. The van der Waals surface area contributed by atoms with Crippen molar-refractivity contribution in [1.82, 2.24) is 9.97 Å². The van der Waals surface area contributed by atoms with E-state index in [9.17, 15) is 0 Å². The van der Waals surface area contributed by atoms with Gasteiger partial charge in [-0.1, -0.05) is 24.3 Å². The van der Waals surface area contributed by atoms with Gasteiger partial charge in [0.15, 0.2) is 0 Å². The van der Waals surface area contributed by atoms with E-state index in [-0.39, 0.29) is 0 Å². The Balaban J connectivity index is 2.43. The van der Waals surface area contributed by atoms with Gasteiger partial charge in [0.05, 0.1) is 10.9 Å². The predicted molar refractivity (Wildman–Crippen MR) is 69.4 cm³/mol. The van der Waals surface area contributed by atoms with E-state index in [1.807, 2.05) is 43.3 Å². The zero-order valence-electron chi connectivity index (χ0n) is 9.97. The van der Waals surface area contributed by atoms with Crippen LogP contribution in [0.5, 0.6) is 5.88 Å². The van der Waals surface area contributed by atoms with Crippen molar-refractivity contribution in [3.8, 4) is 5.88 Å². The number of hydrogen-bond acceptors (Lipinski definition) is 4. The van der Waals surface area contributed by atoms with Crippen LogP contribution in [0.2, 0.25) is 0 Å². The molecule has 0 saturated carbocycles. The third kappa shape index (κ3) is 2.53. The van der Waals surface area contributed by atoms with E-state index in [2.05, 4.69) is 15.3 Å². The van der Waals surface area contributed by atoms with Crippen LogP contribution in [0.25, 0.3) is 10.9 Å². The molecule has 17 heavy (non-hydrogen) atoms. The molecular weight excluding hydrogens is 214 g/mol. The highest BCUT2D eigenvalue weighted by Crippen LogP contribution is 2.23. The summed E-state index contributed by atoms with van der Waals surface area (Å²) < 4.78 is 5.62. The van der Waals surface area contributed by atoms with Crippen molar-refractivity contribution in [3.63, 3.8) is 0 Å². The van der Waals surface area contributed by atoms with Crippen LogP contribution in [-0.4, -0.2) is 23.6 Å². The van der Waals surface area contributed by atoms with Crippen molar-refractivity contribution < 1.29 is 4.74 Å². The van der Waals surface area contributed by atoms with Crippen LogP contribution >= 0.6 is 0 Å². The minimum Gasteiger partial charge on any atom is -0.473 e. The van der Waals surface area contributed by atoms with Crippen molar-refractivity contribution in [2.75, 3.05) is 19.0 Å². The summed E-state index contributed by atoms with van der Waals surface area (Å²) in [7, 11) is 1.79. The highest BCUT2D eigenvalue weighted by molar-refractivity contribution is 5.84. The molecule has 0 bridgehead atoms. The Hall–Kier alpha value is -2.10. The number of para-hydroxylation sites is 1. The highest BCUT2D eigenvalue weighted by Gasteiger charge is 2.06. The molecule has 0 unspecified atom stereocenters. The minimum atomic E-state index is 0.515. The molecule has 0 atom stereocenters. The number of fused-ring (bicyclic) bond motifs is 1. The van der Waals surface area contributed by atoms with Crippen molar-refractivity contribution in [3.05, 3.63) is 36.4 Å². The topological polar surface area (TPSA) is 47.0 Å². The van der Waals surface area contributed by atoms with Gasteiger partial charge in [0.2, 0.25) is 11.8 Å². The Labute approximate surface area is 100 Å². The smallest absolute Gasteiger partial charge is 0.226 e. The fourth-order valence-electron chi connectivity index (χ4n) is 1.49. The number of rotatable bonds is 4. The second kappa shape index (κ2) is 5.30. The number of nitrogens with one attached hydrogen (secondary N) is 1. The summed E-state index contributed by atoms with van der Waals surface area (Å²) in [5.41, 5.74) is 0.877. The van der Waals surface area contributed by atoms with Crippen LogP contribution in [0.15, 0.2) is 36.4 Å². The second-order valence-corrected chi connectivity index (χ2v) is 3.50. The largest absolute Gasteiger partial charge is 0.473 e. The first kappa shape index (κ1) is 11.4. The first-order valence-electron chi connectivity index (χ1n) is 5.53. The molecule has 0 aliphatic rings. The Morgan fingerprint density at radius 2 is 2.12 bits per heavy atom. The van der Waals surface area contributed by atoms with Gasteiger partial charge in [-0.3, -0.25) is 0 Å². The molecular formula is C13H15N3O. The fourth-order valence-corrected chi connectivity index (χ4v) is 1.49. The van der Waals surface area contributed by atoms with Crippen molar-refractivity contribution in [2.24, 2.45) is 0 Å². The third-order valence-electron chi connectivity index (χ3n) is 2.34. The number of benzene rings is 1. The molecule has 0 aliphatic heterocycles. The van der Waals surface area contributed by atoms with E-state index in [1.165, 1.54) is 0 Å². The monoisotopic (exact) mass is 229 g/mol. The number of aromatic nitrogens is 2. The zero-order chi connectivity index (χ0) is 12.1. The maximum atomic E-state index is 5.62. The van der Waals surface area contributed by atoms with E-state index >= 15 is 0 Å². The molecule has 0 aliphatic carbocycles. The van der Waals surface area contributed by atoms with E-state index in [0.717, 1.165) is 10.9 Å². The summed E-state index contributed by atoms with van der Waals surface area (Å²) >= 11 is 0. The lowest BCUT2D eigenvalue weighted by molar-refractivity contribution is 0.353. The molecule has 0 radical (unpaired) electrons. The number of allylic oxidation sites excluding steroid dienone is 1. The van der Waals surface area contributed by atoms with Gasteiger partial charge >= 0.3 is 0 Å². The first-order chi connectivity index (χ1) is 8.35. The fraction of sp³-hybridized carbons (Fsp3) is 0.231. The minimum absolute atomic E-state index is 0.515. The molecule has 2 rings (SSSR count). The number of nitrogens with zero attached hydrogens (tertiary/aromatic N) is 2. The van der Waals surface area contributed by atoms with Gasteiger partial charge in [-0.15, -0.1) is 0 Å². The molecule has 4 nitrogen and oxygen atoms in total. The van der Waals surface area contributed by atoms with Crippen molar-refractivity contribution in [2.45, 2.75) is 6.92 Å². The SMILES string of the molecule is C/C=C/COc1nc(NC)nc2ccccc12. The first-order valence-corrected chi connectivity index (χ1v) is 5.53. The molecule has 1 aromatic carbocycles. The molecule has 0 saturated heterocycles. The Kier molecular flexibility index (Phi) is 3.55. The summed E-state index contributed by atoms with van der Waals surface area (Å²) in [6.07, 6.45) is 3.89. The molecule has 88 valence electrons. The van der Waals surface area contributed by atoms with Crippen molar-refractivity contribution in [1.29, 1.82) is 0 Å². The third-order valence-corrected chi connectivity index (χ3v) is 2.34. The standard InChI is InChI=1S/C13H15N3O/c1-3-4-9-17-12-10-7-5-6-8-11(10)15-13(14-2)16-12/h3-8H,9H2,1-2H3,(H,14,15,16)/b4-3+. The van der Waals surface area contributed by atoms with Crippen molar-refractivity contribution >= 4 is 16.9 Å². The molecule has 0 fully saturated rings. The molecule has 4 heteroatoms. The second-order valence-electron chi connectivity index (χ2n) is 3.50. The van der Waals surface area contributed by atoms with Crippen LogP contribution in [-0.2, 0) is 0 Å². The van der Waals surface area contributed by atoms with E-state index in [0.29, 0.717) is 18.4 Å². The van der Waals surface area contributed by atoms with Crippen LogP contribution in [0.1, 0.15) is 6.92 Å².